The molecule has 1 aliphatic heterocycles. The van der Waals surface area contributed by atoms with E-state index in [4.69, 9.17) is 0 Å². The molecule has 0 radical (unpaired) electrons. The highest BCUT2D eigenvalue weighted by Gasteiger charge is 2.45. The highest BCUT2D eigenvalue weighted by atomic mass is 16.2. The van der Waals surface area contributed by atoms with Crippen LogP contribution in [0.5, 0.6) is 0 Å². The number of aromatic nitrogens is 1. The van der Waals surface area contributed by atoms with Gasteiger partial charge in [-0.25, -0.2) is 0 Å². The van der Waals surface area contributed by atoms with Crippen molar-refractivity contribution in [1.82, 2.24) is 15.2 Å². The number of hydrogen-bond acceptors (Lipinski definition) is 3. The summed E-state index contributed by atoms with van der Waals surface area (Å²) in [5.74, 6) is 0.944. The minimum absolute atomic E-state index is 0.0274. The van der Waals surface area contributed by atoms with Gasteiger partial charge in [-0.2, -0.15) is 0 Å². The predicted molar refractivity (Wildman–Crippen MR) is 122 cm³/mol. The first kappa shape index (κ1) is 21.5. The van der Waals surface area contributed by atoms with Crippen LogP contribution in [0.3, 0.4) is 0 Å². The van der Waals surface area contributed by atoms with Gasteiger partial charge < -0.3 is 10.2 Å². The van der Waals surface area contributed by atoms with Crippen LogP contribution in [0.1, 0.15) is 50.5 Å². The second kappa shape index (κ2) is 9.63. The summed E-state index contributed by atoms with van der Waals surface area (Å²) in [6, 6.07) is 12.2. The van der Waals surface area contributed by atoms with Crippen molar-refractivity contribution in [3.8, 4) is 11.1 Å². The van der Waals surface area contributed by atoms with Gasteiger partial charge in [0.1, 0.15) is 0 Å². The van der Waals surface area contributed by atoms with Gasteiger partial charge >= 0.3 is 0 Å². The molecule has 0 bridgehead atoms. The maximum Gasteiger partial charge on any atom is 0.228 e. The molecule has 5 nitrogen and oxygen atoms in total. The third-order valence-electron chi connectivity index (χ3n) is 7.18. The number of hydrogen-bond donors (Lipinski definition) is 1. The van der Waals surface area contributed by atoms with E-state index in [1.54, 1.807) is 13.2 Å². The third-order valence-corrected chi connectivity index (χ3v) is 7.18. The quantitative estimate of drug-likeness (QED) is 0.731. The van der Waals surface area contributed by atoms with E-state index in [0.29, 0.717) is 38.3 Å². The average Bonchev–Trinajstić information content (AvgIpc) is 3.49. The van der Waals surface area contributed by atoms with E-state index in [9.17, 15) is 9.59 Å². The number of benzene rings is 1. The minimum atomic E-state index is -0.587. The zero-order valence-electron chi connectivity index (χ0n) is 18.5. The fourth-order valence-corrected chi connectivity index (χ4v) is 5.39. The van der Waals surface area contributed by atoms with Crippen molar-refractivity contribution in [1.29, 1.82) is 0 Å². The number of rotatable bonds is 7. The Morgan fingerprint density at radius 2 is 1.97 bits per heavy atom. The molecule has 1 saturated heterocycles. The van der Waals surface area contributed by atoms with E-state index in [2.05, 4.69) is 22.4 Å². The summed E-state index contributed by atoms with van der Waals surface area (Å²) in [7, 11) is 1.70. The standard InChI is InChI=1S/C26H33N3O2/c1-27-25(31)26(14-16-29(19-26)24(30)13-12-20-7-2-3-8-20)17-21-9-4-5-11-23(21)22-10-6-15-28-18-22/h4-6,9-11,15,18,20H,2-3,7-8,12-14,16-17,19H2,1H3,(H,27,31). The van der Waals surface area contributed by atoms with Crippen molar-refractivity contribution in [2.75, 3.05) is 20.1 Å². The summed E-state index contributed by atoms with van der Waals surface area (Å²) in [5.41, 5.74) is 2.69. The van der Waals surface area contributed by atoms with Crippen molar-refractivity contribution < 1.29 is 9.59 Å². The van der Waals surface area contributed by atoms with Crippen LogP contribution in [-0.4, -0.2) is 41.8 Å². The Kier molecular flexibility index (Phi) is 6.69. The lowest BCUT2D eigenvalue weighted by atomic mass is 9.78. The summed E-state index contributed by atoms with van der Waals surface area (Å²) in [6.45, 7) is 1.16. The van der Waals surface area contributed by atoms with Crippen LogP contribution < -0.4 is 5.32 Å². The van der Waals surface area contributed by atoms with Crippen molar-refractivity contribution in [3.05, 3.63) is 54.4 Å². The molecule has 2 aromatic rings. The maximum absolute atomic E-state index is 13.1. The summed E-state index contributed by atoms with van der Waals surface area (Å²) in [6.07, 6.45) is 11.7. The van der Waals surface area contributed by atoms with Gasteiger partial charge in [0.2, 0.25) is 11.8 Å². The van der Waals surface area contributed by atoms with Crippen LogP contribution in [0.15, 0.2) is 48.8 Å². The molecular weight excluding hydrogens is 386 g/mol. The second-order valence-corrected chi connectivity index (χ2v) is 9.19. The Morgan fingerprint density at radius 3 is 2.71 bits per heavy atom. The summed E-state index contributed by atoms with van der Waals surface area (Å²) in [5, 5.41) is 2.87. The zero-order chi connectivity index (χ0) is 21.7. The Balaban J connectivity index is 1.51. The zero-order valence-corrected chi connectivity index (χ0v) is 18.5. The first-order chi connectivity index (χ1) is 15.1. The van der Waals surface area contributed by atoms with Gasteiger partial charge in [-0.15, -0.1) is 0 Å². The van der Waals surface area contributed by atoms with E-state index < -0.39 is 5.41 Å². The van der Waals surface area contributed by atoms with Crippen LogP contribution in [0.2, 0.25) is 0 Å². The smallest absolute Gasteiger partial charge is 0.228 e. The number of carbonyl (C=O) groups is 2. The van der Waals surface area contributed by atoms with Gasteiger partial charge in [-0.1, -0.05) is 56.0 Å². The molecule has 2 heterocycles. The van der Waals surface area contributed by atoms with Crippen LogP contribution >= 0.6 is 0 Å². The van der Waals surface area contributed by atoms with Gasteiger partial charge in [0.05, 0.1) is 5.41 Å². The Bertz CT molecular complexity index is 908. The van der Waals surface area contributed by atoms with Gasteiger partial charge in [0, 0.05) is 44.5 Å². The molecule has 2 amide bonds. The number of nitrogens with zero attached hydrogens (tertiary/aromatic N) is 2. The fraction of sp³-hybridized carbons (Fsp3) is 0.500. The van der Waals surface area contributed by atoms with Gasteiger partial charge in [0.25, 0.3) is 0 Å². The maximum atomic E-state index is 13.1. The highest BCUT2D eigenvalue weighted by Crippen LogP contribution is 2.38. The van der Waals surface area contributed by atoms with Crippen LogP contribution in [0.25, 0.3) is 11.1 Å². The SMILES string of the molecule is CNC(=O)C1(Cc2ccccc2-c2cccnc2)CCN(C(=O)CCC2CCCC2)C1. The average molecular weight is 420 g/mol. The fourth-order valence-electron chi connectivity index (χ4n) is 5.39. The lowest BCUT2D eigenvalue weighted by Crippen LogP contribution is -2.44. The van der Waals surface area contributed by atoms with Crippen molar-refractivity contribution >= 4 is 11.8 Å². The van der Waals surface area contributed by atoms with E-state index in [-0.39, 0.29) is 11.8 Å². The Hall–Kier alpha value is -2.69. The summed E-state index contributed by atoms with van der Waals surface area (Å²) < 4.78 is 0. The van der Waals surface area contributed by atoms with Crippen molar-refractivity contribution in [2.24, 2.45) is 11.3 Å². The number of likely N-dealkylation sites (tertiary alicyclic amines) is 1. The Morgan fingerprint density at radius 1 is 1.16 bits per heavy atom. The third kappa shape index (κ3) is 4.81. The van der Waals surface area contributed by atoms with Crippen molar-refractivity contribution in [2.45, 2.75) is 51.4 Å². The molecule has 2 aliphatic rings. The summed E-state index contributed by atoms with van der Waals surface area (Å²) in [4.78, 5) is 32.2. The highest BCUT2D eigenvalue weighted by molar-refractivity contribution is 5.86. The lowest BCUT2D eigenvalue weighted by Gasteiger charge is -2.29. The number of carbonyl (C=O) groups excluding carboxylic acids is 2. The molecule has 1 saturated carbocycles. The molecule has 2 fully saturated rings. The molecule has 4 rings (SSSR count). The molecule has 1 aromatic carbocycles. The minimum Gasteiger partial charge on any atom is -0.359 e. The first-order valence-corrected chi connectivity index (χ1v) is 11.6. The predicted octanol–water partition coefficient (Wildman–Crippen LogP) is 4.23. The van der Waals surface area contributed by atoms with Crippen LogP contribution in [0.4, 0.5) is 0 Å². The molecule has 1 aliphatic carbocycles. The molecule has 1 N–H and O–H groups in total. The number of amides is 2. The van der Waals surface area contributed by atoms with Crippen molar-refractivity contribution in [3.63, 3.8) is 0 Å². The number of pyridine rings is 1. The molecule has 5 heteroatoms. The first-order valence-electron chi connectivity index (χ1n) is 11.6. The monoisotopic (exact) mass is 419 g/mol. The topological polar surface area (TPSA) is 62.3 Å². The van der Waals surface area contributed by atoms with Crippen LogP contribution in [-0.2, 0) is 16.0 Å². The normalized spacial score (nSPS) is 21.4. The second-order valence-electron chi connectivity index (χ2n) is 9.19. The molecule has 1 atom stereocenters. The molecule has 31 heavy (non-hydrogen) atoms. The summed E-state index contributed by atoms with van der Waals surface area (Å²) >= 11 is 0. The van der Waals surface area contributed by atoms with Gasteiger partial charge in [-0.3, -0.25) is 14.6 Å². The largest absolute Gasteiger partial charge is 0.359 e. The van der Waals surface area contributed by atoms with E-state index in [1.165, 1.54) is 25.7 Å². The van der Waals surface area contributed by atoms with Crippen LogP contribution in [0, 0.1) is 11.3 Å². The Labute approximate surface area is 185 Å². The molecule has 1 unspecified atom stereocenters. The molecule has 0 spiro atoms. The lowest BCUT2D eigenvalue weighted by molar-refractivity contribution is -0.133. The molecule has 164 valence electrons. The number of nitrogens with one attached hydrogen (secondary N) is 1. The van der Waals surface area contributed by atoms with E-state index >= 15 is 0 Å². The van der Waals surface area contributed by atoms with Gasteiger partial charge in [0.15, 0.2) is 0 Å². The molecule has 1 aromatic heterocycles. The molecular formula is C26H33N3O2. The van der Waals surface area contributed by atoms with E-state index in [0.717, 1.165) is 23.1 Å². The van der Waals surface area contributed by atoms with E-state index in [1.807, 2.05) is 35.4 Å². The van der Waals surface area contributed by atoms with Gasteiger partial charge in [-0.05, 0) is 42.4 Å².